The van der Waals surface area contributed by atoms with Gasteiger partial charge in [-0.15, -0.1) is 0 Å². The number of carbonyl (C=O) groups is 3. The molecular formula is C24H27N5O6S2. The van der Waals surface area contributed by atoms with Crippen molar-refractivity contribution in [3.8, 4) is 0 Å². The van der Waals surface area contributed by atoms with Crippen molar-refractivity contribution >= 4 is 63.8 Å². The van der Waals surface area contributed by atoms with Gasteiger partial charge in [-0.25, -0.2) is 9.78 Å². The minimum absolute atomic E-state index is 0.0761. The number of aromatic nitrogens is 2. The van der Waals surface area contributed by atoms with Crippen molar-refractivity contribution in [3.05, 3.63) is 44.7 Å². The molecule has 2 aliphatic rings. The van der Waals surface area contributed by atoms with Crippen molar-refractivity contribution in [2.45, 2.75) is 26.7 Å². The lowest BCUT2D eigenvalue weighted by molar-refractivity contribution is -0.137. The topological polar surface area (TPSA) is 125 Å². The number of pyridine rings is 1. The normalized spacial score (nSPS) is 17.2. The summed E-state index contributed by atoms with van der Waals surface area (Å²) in [6, 6.07) is 3.63. The van der Waals surface area contributed by atoms with Crippen LogP contribution in [0, 0.1) is 6.92 Å². The van der Waals surface area contributed by atoms with Gasteiger partial charge in [-0.2, -0.15) is 0 Å². The number of carboxylic acids is 1. The summed E-state index contributed by atoms with van der Waals surface area (Å²) in [5.41, 5.74) is 1.25. The Bertz CT molecular complexity index is 1350. The van der Waals surface area contributed by atoms with Gasteiger partial charge >= 0.3 is 12.1 Å². The molecular weight excluding hydrogens is 518 g/mol. The molecule has 13 heteroatoms. The van der Waals surface area contributed by atoms with Crippen molar-refractivity contribution < 1.29 is 24.2 Å². The van der Waals surface area contributed by atoms with Gasteiger partial charge in [0.2, 0.25) is 0 Å². The minimum atomic E-state index is -0.945. The number of anilines is 1. The average Bonchev–Trinajstić information content (AvgIpc) is 3.13. The smallest absolute Gasteiger partial charge is 0.409 e. The van der Waals surface area contributed by atoms with Crippen molar-refractivity contribution in [1.29, 1.82) is 0 Å². The van der Waals surface area contributed by atoms with E-state index >= 15 is 0 Å². The van der Waals surface area contributed by atoms with E-state index in [1.54, 1.807) is 24.1 Å². The van der Waals surface area contributed by atoms with Crippen LogP contribution in [0.25, 0.3) is 11.7 Å². The third kappa shape index (κ3) is 5.62. The Morgan fingerprint density at radius 3 is 2.65 bits per heavy atom. The largest absolute Gasteiger partial charge is 0.481 e. The molecule has 196 valence electrons. The number of carboxylic acid groups (broad SMARTS) is 1. The van der Waals surface area contributed by atoms with Crippen molar-refractivity contribution in [2.75, 3.05) is 44.2 Å². The zero-order chi connectivity index (χ0) is 26.7. The van der Waals surface area contributed by atoms with Crippen LogP contribution in [-0.2, 0) is 14.3 Å². The molecule has 2 aliphatic heterocycles. The van der Waals surface area contributed by atoms with Gasteiger partial charge in [0.15, 0.2) is 0 Å². The molecule has 2 amide bonds. The molecule has 2 aromatic rings. The van der Waals surface area contributed by atoms with E-state index in [9.17, 15) is 19.2 Å². The molecule has 2 fully saturated rings. The van der Waals surface area contributed by atoms with Crippen LogP contribution in [0.15, 0.2) is 28.0 Å². The number of thioether (sulfide) groups is 1. The van der Waals surface area contributed by atoms with Crippen LogP contribution >= 0.6 is 24.0 Å². The highest BCUT2D eigenvalue weighted by atomic mass is 32.2. The molecule has 0 aliphatic carbocycles. The molecule has 4 heterocycles. The Morgan fingerprint density at radius 2 is 1.97 bits per heavy atom. The zero-order valence-electron chi connectivity index (χ0n) is 20.5. The molecule has 0 bridgehead atoms. The Morgan fingerprint density at radius 1 is 1.24 bits per heavy atom. The third-order valence-electron chi connectivity index (χ3n) is 6.09. The summed E-state index contributed by atoms with van der Waals surface area (Å²) >= 11 is 6.43. The Labute approximate surface area is 222 Å². The summed E-state index contributed by atoms with van der Waals surface area (Å²) in [7, 11) is 0. The summed E-state index contributed by atoms with van der Waals surface area (Å²) in [5, 5.41) is 8.90. The summed E-state index contributed by atoms with van der Waals surface area (Å²) in [4.78, 5) is 59.7. The number of aryl methyl sites for hydroxylation is 1. The van der Waals surface area contributed by atoms with E-state index in [1.165, 1.54) is 15.4 Å². The molecule has 0 saturated carbocycles. The fourth-order valence-electron chi connectivity index (χ4n) is 4.20. The lowest BCUT2D eigenvalue weighted by Gasteiger charge is -2.35. The predicted molar refractivity (Wildman–Crippen MR) is 144 cm³/mol. The van der Waals surface area contributed by atoms with E-state index in [4.69, 9.17) is 27.0 Å². The van der Waals surface area contributed by atoms with Crippen molar-refractivity contribution in [1.82, 2.24) is 19.2 Å². The second-order valence-electron chi connectivity index (χ2n) is 8.54. The first-order valence-corrected chi connectivity index (χ1v) is 13.1. The number of hydrogen-bond acceptors (Lipinski definition) is 9. The Kier molecular flexibility index (Phi) is 8.13. The highest BCUT2D eigenvalue weighted by molar-refractivity contribution is 8.26. The monoisotopic (exact) mass is 545 g/mol. The number of aliphatic carboxylic acids is 1. The lowest BCUT2D eigenvalue weighted by atomic mass is 10.2. The Balaban J connectivity index is 1.70. The molecule has 0 radical (unpaired) electrons. The first kappa shape index (κ1) is 26.6. The second kappa shape index (κ2) is 11.3. The van der Waals surface area contributed by atoms with Crippen LogP contribution < -0.4 is 10.5 Å². The molecule has 2 aromatic heterocycles. The third-order valence-corrected chi connectivity index (χ3v) is 7.47. The molecule has 1 N–H and O–H groups in total. The maximum absolute atomic E-state index is 13.6. The van der Waals surface area contributed by atoms with Gasteiger partial charge in [0, 0.05) is 45.3 Å². The molecule has 0 atom stereocenters. The van der Waals surface area contributed by atoms with Crippen molar-refractivity contribution in [3.63, 3.8) is 0 Å². The van der Waals surface area contributed by atoms with Crippen LogP contribution in [-0.4, -0.2) is 85.9 Å². The number of nitrogens with zero attached hydrogens (tertiary/aromatic N) is 5. The summed E-state index contributed by atoms with van der Waals surface area (Å²) in [5.74, 6) is -0.884. The number of piperazine rings is 1. The molecule has 4 rings (SSSR count). The first-order chi connectivity index (χ1) is 17.7. The van der Waals surface area contributed by atoms with Gasteiger partial charge in [-0.1, -0.05) is 30.0 Å². The molecule has 0 unspecified atom stereocenters. The number of thiocarbonyl (C=S) groups is 1. The molecule has 37 heavy (non-hydrogen) atoms. The van der Waals surface area contributed by atoms with Crippen molar-refractivity contribution in [2.24, 2.45) is 0 Å². The molecule has 0 spiro atoms. The van der Waals surface area contributed by atoms with Gasteiger partial charge in [0.05, 0.1) is 17.1 Å². The summed E-state index contributed by atoms with van der Waals surface area (Å²) < 4.78 is 6.87. The predicted octanol–water partition coefficient (Wildman–Crippen LogP) is 2.35. The number of carbonyl (C=O) groups excluding carboxylic acids is 2. The average molecular weight is 546 g/mol. The lowest BCUT2D eigenvalue weighted by Crippen LogP contribution is -2.49. The first-order valence-electron chi connectivity index (χ1n) is 11.9. The van der Waals surface area contributed by atoms with E-state index < -0.39 is 5.97 Å². The van der Waals surface area contributed by atoms with Crippen LogP contribution in [0.3, 0.4) is 0 Å². The SMILES string of the molecule is CCOC(=O)N1CCN(c2nc3c(C)cccn3c(=O)c2C=C2SC(=S)N(CCCC(=O)O)C2=O)CC1. The van der Waals surface area contributed by atoms with Gasteiger partial charge in [-0.3, -0.25) is 23.7 Å². The van der Waals surface area contributed by atoms with E-state index in [2.05, 4.69) is 0 Å². The maximum Gasteiger partial charge on any atom is 0.409 e. The quantitative estimate of drug-likeness (QED) is 0.409. The van der Waals surface area contributed by atoms with Crippen LogP contribution in [0.1, 0.15) is 30.9 Å². The minimum Gasteiger partial charge on any atom is -0.481 e. The molecule has 2 saturated heterocycles. The van der Waals surface area contributed by atoms with Gasteiger partial charge in [-0.05, 0) is 38.0 Å². The van der Waals surface area contributed by atoms with Gasteiger partial charge in [0.25, 0.3) is 11.5 Å². The second-order valence-corrected chi connectivity index (χ2v) is 10.2. The van der Waals surface area contributed by atoms with E-state index in [1.807, 2.05) is 17.9 Å². The van der Waals surface area contributed by atoms with E-state index in [0.29, 0.717) is 48.6 Å². The highest BCUT2D eigenvalue weighted by Crippen LogP contribution is 2.34. The van der Waals surface area contributed by atoms with Gasteiger partial charge < -0.3 is 19.6 Å². The summed E-state index contributed by atoms with van der Waals surface area (Å²) in [6.45, 7) is 5.77. The zero-order valence-corrected chi connectivity index (χ0v) is 22.1. The number of hydrogen-bond donors (Lipinski definition) is 1. The van der Waals surface area contributed by atoms with Gasteiger partial charge in [0.1, 0.15) is 15.8 Å². The number of fused-ring (bicyclic) bond motifs is 1. The maximum atomic E-state index is 13.6. The van der Waals surface area contributed by atoms with Crippen LogP contribution in [0.2, 0.25) is 0 Å². The standard InChI is InChI=1S/C24H27N5O6S2/c1-3-35-23(34)27-12-10-26(11-13-27)20-16(21(32)28-8-4-6-15(2)19(28)25-20)14-17-22(33)29(24(36)37-17)9-5-7-18(30)31/h4,6,8,14H,3,5,7,9-13H2,1-2H3,(H,30,31). The fraction of sp³-hybridized carbons (Fsp3) is 0.417. The number of rotatable bonds is 7. The highest BCUT2D eigenvalue weighted by Gasteiger charge is 2.33. The van der Waals surface area contributed by atoms with E-state index in [0.717, 1.165) is 17.3 Å². The number of ether oxygens (including phenoxy) is 1. The fourth-order valence-corrected chi connectivity index (χ4v) is 5.49. The molecule has 11 nitrogen and oxygen atoms in total. The number of amides is 2. The summed E-state index contributed by atoms with van der Waals surface area (Å²) in [6.07, 6.45) is 2.97. The Hall–Kier alpha value is -3.45. The van der Waals surface area contributed by atoms with E-state index in [-0.39, 0.29) is 47.4 Å². The van der Waals surface area contributed by atoms with Crippen LogP contribution in [0.4, 0.5) is 10.6 Å². The van der Waals surface area contributed by atoms with Crippen LogP contribution in [0.5, 0.6) is 0 Å². The molecule has 0 aromatic carbocycles.